The van der Waals surface area contributed by atoms with Crippen LogP contribution < -0.4 is 4.90 Å². The van der Waals surface area contributed by atoms with Crippen LogP contribution in [0.5, 0.6) is 0 Å². The van der Waals surface area contributed by atoms with Gasteiger partial charge in [0, 0.05) is 44.3 Å². The first-order valence-corrected chi connectivity index (χ1v) is 22.9. The Kier molecular flexibility index (Phi) is 9.17. The normalized spacial score (nSPS) is 11.6. The van der Waals surface area contributed by atoms with E-state index in [9.17, 15) is 0 Å². The SMILES string of the molecule is c1cc(-c2ccc(N(c3ccc(-c4cccc5ccccc45)cc3)c3cccc(-c4cccc5oc6ccccc6c45)c3)cc2)cc(-c2ccc(-n3c4ccccc4c4ccccc43)cc2)c1. The van der Waals surface area contributed by atoms with Crippen molar-refractivity contribution in [2.75, 3.05) is 4.90 Å². The summed E-state index contributed by atoms with van der Waals surface area (Å²) in [6.45, 7) is 0. The fraction of sp³-hybridized carbons (Fsp3) is 0. The molecular formula is C64H42N2O. The Morgan fingerprint density at radius 1 is 0.299 bits per heavy atom. The van der Waals surface area contributed by atoms with Crippen LogP contribution in [0.3, 0.4) is 0 Å². The third-order valence-electron chi connectivity index (χ3n) is 13.4. The lowest BCUT2D eigenvalue weighted by atomic mass is 9.97. The van der Waals surface area contributed by atoms with Crippen LogP contribution in [0.2, 0.25) is 0 Å². The van der Waals surface area contributed by atoms with Crippen molar-refractivity contribution in [3.05, 3.63) is 255 Å². The molecule has 0 aliphatic carbocycles. The molecule has 0 bridgehead atoms. The summed E-state index contributed by atoms with van der Waals surface area (Å²) in [5.41, 5.74) is 18.0. The van der Waals surface area contributed by atoms with E-state index < -0.39 is 0 Å². The van der Waals surface area contributed by atoms with E-state index in [0.29, 0.717) is 0 Å². The zero-order chi connectivity index (χ0) is 44.3. The van der Waals surface area contributed by atoms with Crippen molar-refractivity contribution in [3.63, 3.8) is 0 Å². The fourth-order valence-corrected chi connectivity index (χ4v) is 10.2. The minimum absolute atomic E-state index is 0.890. The number of hydrogen-bond donors (Lipinski definition) is 0. The van der Waals surface area contributed by atoms with Crippen LogP contribution in [-0.4, -0.2) is 4.57 Å². The van der Waals surface area contributed by atoms with Crippen molar-refractivity contribution >= 4 is 71.6 Å². The van der Waals surface area contributed by atoms with Crippen molar-refractivity contribution in [1.29, 1.82) is 0 Å². The Morgan fingerprint density at radius 3 is 1.52 bits per heavy atom. The smallest absolute Gasteiger partial charge is 0.136 e. The van der Waals surface area contributed by atoms with E-state index in [1.165, 1.54) is 60.4 Å². The minimum Gasteiger partial charge on any atom is -0.456 e. The van der Waals surface area contributed by atoms with Gasteiger partial charge in [0.15, 0.2) is 0 Å². The maximum absolute atomic E-state index is 6.32. The number of furan rings is 1. The molecule has 0 aliphatic heterocycles. The molecule has 0 unspecified atom stereocenters. The van der Waals surface area contributed by atoms with Gasteiger partial charge in [-0.3, -0.25) is 0 Å². The molecule has 2 aromatic heterocycles. The summed E-state index contributed by atoms with van der Waals surface area (Å²) < 4.78 is 8.69. The van der Waals surface area contributed by atoms with E-state index in [0.717, 1.165) is 61.4 Å². The summed E-state index contributed by atoms with van der Waals surface area (Å²) in [4.78, 5) is 2.36. The molecule has 0 amide bonds. The van der Waals surface area contributed by atoms with Crippen LogP contribution >= 0.6 is 0 Å². The Labute approximate surface area is 388 Å². The molecule has 13 rings (SSSR count). The lowest BCUT2D eigenvalue weighted by Crippen LogP contribution is -2.10. The molecule has 314 valence electrons. The minimum atomic E-state index is 0.890. The largest absolute Gasteiger partial charge is 0.456 e. The number of nitrogens with zero attached hydrogens (tertiary/aromatic N) is 2. The van der Waals surface area contributed by atoms with Crippen molar-refractivity contribution < 1.29 is 4.42 Å². The Balaban J connectivity index is 0.863. The van der Waals surface area contributed by atoms with Crippen molar-refractivity contribution in [2.45, 2.75) is 0 Å². The molecule has 67 heavy (non-hydrogen) atoms. The number of aromatic nitrogens is 1. The van der Waals surface area contributed by atoms with Gasteiger partial charge in [-0.15, -0.1) is 0 Å². The van der Waals surface area contributed by atoms with Gasteiger partial charge in [-0.05, 0) is 134 Å². The second kappa shape index (κ2) is 16.0. The van der Waals surface area contributed by atoms with Crippen molar-refractivity contribution in [1.82, 2.24) is 4.57 Å². The topological polar surface area (TPSA) is 21.3 Å². The van der Waals surface area contributed by atoms with Crippen LogP contribution in [0.25, 0.3) is 105 Å². The Hall–Kier alpha value is -8.92. The third kappa shape index (κ3) is 6.67. The summed E-state index contributed by atoms with van der Waals surface area (Å²) in [5, 5.41) is 7.28. The highest BCUT2D eigenvalue weighted by Gasteiger charge is 2.18. The van der Waals surface area contributed by atoms with E-state index in [1.54, 1.807) is 0 Å². The van der Waals surface area contributed by atoms with Gasteiger partial charge in [0.1, 0.15) is 11.2 Å². The van der Waals surface area contributed by atoms with E-state index >= 15 is 0 Å². The quantitative estimate of drug-likeness (QED) is 0.152. The summed E-state index contributed by atoms with van der Waals surface area (Å²) in [5.74, 6) is 0. The van der Waals surface area contributed by atoms with E-state index in [1.807, 2.05) is 12.1 Å². The van der Waals surface area contributed by atoms with Crippen LogP contribution in [0.4, 0.5) is 17.1 Å². The average molecular weight is 855 g/mol. The van der Waals surface area contributed by atoms with Gasteiger partial charge in [-0.1, -0.05) is 176 Å². The van der Waals surface area contributed by atoms with E-state index in [2.05, 4.69) is 252 Å². The molecule has 0 atom stereocenters. The molecule has 0 N–H and O–H groups in total. The summed E-state index contributed by atoms with van der Waals surface area (Å²) >= 11 is 0. The maximum atomic E-state index is 6.32. The zero-order valence-electron chi connectivity index (χ0n) is 36.6. The fourth-order valence-electron chi connectivity index (χ4n) is 10.2. The lowest BCUT2D eigenvalue weighted by Gasteiger charge is -2.26. The third-order valence-corrected chi connectivity index (χ3v) is 13.4. The highest BCUT2D eigenvalue weighted by molar-refractivity contribution is 6.13. The molecule has 0 saturated carbocycles. The van der Waals surface area contributed by atoms with Crippen LogP contribution in [0.1, 0.15) is 0 Å². The van der Waals surface area contributed by atoms with Crippen molar-refractivity contribution in [2.24, 2.45) is 0 Å². The molecule has 3 nitrogen and oxygen atoms in total. The molecule has 2 heterocycles. The van der Waals surface area contributed by atoms with Crippen LogP contribution in [-0.2, 0) is 0 Å². The molecular weight excluding hydrogens is 813 g/mol. The molecule has 0 radical (unpaired) electrons. The Morgan fingerprint density at radius 2 is 0.806 bits per heavy atom. The molecule has 0 spiro atoms. The van der Waals surface area contributed by atoms with Gasteiger partial charge in [0.05, 0.1) is 11.0 Å². The highest BCUT2D eigenvalue weighted by Crippen LogP contribution is 2.42. The molecule has 3 heteroatoms. The van der Waals surface area contributed by atoms with Gasteiger partial charge in [0.25, 0.3) is 0 Å². The number of anilines is 3. The second-order valence-electron chi connectivity index (χ2n) is 17.3. The van der Waals surface area contributed by atoms with Crippen LogP contribution in [0.15, 0.2) is 259 Å². The molecule has 0 aliphatic rings. The second-order valence-corrected chi connectivity index (χ2v) is 17.3. The van der Waals surface area contributed by atoms with E-state index in [4.69, 9.17) is 4.42 Å². The van der Waals surface area contributed by atoms with E-state index in [-0.39, 0.29) is 0 Å². The Bertz CT molecular complexity index is 3910. The monoisotopic (exact) mass is 854 g/mol. The molecule has 13 aromatic rings. The first-order valence-electron chi connectivity index (χ1n) is 22.9. The number of hydrogen-bond acceptors (Lipinski definition) is 2. The molecule has 0 saturated heterocycles. The summed E-state index contributed by atoms with van der Waals surface area (Å²) in [6, 6.07) is 91.9. The van der Waals surface area contributed by atoms with Gasteiger partial charge in [-0.2, -0.15) is 0 Å². The number of para-hydroxylation sites is 3. The molecule has 0 fully saturated rings. The first-order chi connectivity index (χ1) is 33.2. The van der Waals surface area contributed by atoms with Crippen molar-refractivity contribution in [3.8, 4) is 50.2 Å². The van der Waals surface area contributed by atoms with Crippen LogP contribution in [0, 0.1) is 0 Å². The number of benzene rings is 11. The van der Waals surface area contributed by atoms with Gasteiger partial charge < -0.3 is 13.9 Å². The predicted octanol–water partition coefficient (Wildman–Crippen LogP) is 18.0. The standard InChI is InChI=1S/C64H42N2O/c1-2-19-54-45(13-1)14-11-23-55(54)46-33-39-51(40-34-46)65(53-18-10-17-49(42-53)56-24-12-28-63-64(56)59-22-5-8-27-62(59)67-63)50-35-29-43(30-36-50)47-15-9-16-48(41-47)44-31-37-52(38-32-44)66-60-25-6-3-20-57(60)58-21-4-7-26-61(58)66/h1-42H. The van der Waals surface area contributed by atoms with Gasteiger partial charge in [0.2, 0.25) is 0 Å². The summed E-state index contributed by atoms with van der Waals surface area (Å²) in [6.07, 6.45) is 0. The predicted molar refractivity (Wildman–Crippen MR) is 282 cm³/mol. The highest BCUT2D eigenvalue weighted by atomic mass is 16.3. The maximum Gasteiger partial charge on any atom is 0.136 e. The zero-order valence-corrected chi connectivity index (χ0v) is 36.6. The average Bonchev–Trinajstić information content (AvgIpc) is 3.95. The van der Waals surface area contributed by atoms with Gasteiger partial charge in [-0.25, -0.2) is 0 Å². The lowest BCUT2D eigenvalue weighted by molar-refractivity contribution is 0.669. The summed E-state index contributed by atoms with van der Waals surface area (Å²) in [7, 11) is 0. The van der Waals surface area contributed by atoms with Gasteiger partial charge >= 0.3 is 0 Å². The first kappa shape index (κ1) is 38.5. The number of fused-ring (bicyclic) bond motifs is 7. The molecule has 11 aromatic carbocycles. The number of rotatable bonds is 8.